The van der Waals surface area contributed by atoms with Crippen molar-refractivity contribution in [1.82, 2.24) is 9.88 Å². The number of amides is 1. The molecule has 0 saturated heterocycles. The molecule has 2 rings (SSSR count). The third-order valence-electron chi connectivity index (χ3n) is 2.85. The third-order valence-corrected chi connectivity index (χ3v) is 3.06. The molecule has 116 valence electrons. The van der Waals surface area contributed by atoms with Crippen LogP contribution < -0.4 is 4.74 Å². The highest BCUT2D eigenvalue weighted by Crippen LogP contribution is 2.30. The van der Waals surface area contributed by atoms with Gasteiger partial charge in [-0.1, -0.05) is 11.6 Å². The molecule has 1 aliphatic heterocycles. The lowest BCUT2D eigenvalue weighted by Crippen LogP contribution is -2.45. The van der Waals surface area contributed by atoms with E-state index in [1.54, 1.807) is 17.0 Å². The molecule has 1 amide bonds. The van der Waals surface area contributed by atoms with Crippen LogP contribution in [0.1, 0.15) is 40.3 Å². The van der Waals surface area contributed by atoms with E-state index in [9.17, 15) is 4.79 Å². The number of carbonyl (C=O) groups excluding carboxylic acids is 1. The van der Waals surface area contributed by atoms with Crippen LogP contribution in [0.4, 0.5) is 4.79 Å². The molecule has 1 aromatic rings. The van der Waals surface area contributed by atoms with Crippen molar-refractivity contribution in [2.45, 2.75) is 52.4 Å². The summed E-state index contributed by atoms with van der Waals surface area (Å²) >= 11 is 5.93. The summed E-state index contributed by atoms with van der Waals surface area (Å²) in [4.78, 5) is 18.2. The number of fused-ring (bicyclic) bond motifs is 1. The van der Waals surface area contributed by atoms with E-state index in [1.165, 1.54) is 0 Å². The first kappa shape index (κ1) is 15.9. The van der Waals surface area contributed by atoms with Crippen LogP contribution in [0.5, 0.6) is 5.75 Å². The molecule has 1 aliphatic rings. The first-order valence-electron chi connectivity index (χ1n) is 6.88. The number of aromatic nitrogens is 1. The summed E-state index contributed by atoms with van der Waals surface area (Å²) < 4.78 is 11.4. The van der Waals surface area contributed by atoms with Gasteiger partial charge in [0, 0.05) is 0 Å². The van der Waals surface area contributed by atoms with Crippen LogP contribution in [0, 0.1) is 0 Å². The molecule has 0 aliphatic carbocycles. The fourth-order valence-corrected chi connectivity index (χ4v) is 2.31. The van der Waals surface area contributed by atoms with Crippen molar-refractivity contribution in [2.75, 3.05) is 6.54 Å². The maximum absolute atomic E-state index is 12.3. The Hall–Kier alpha value is -1.49. The first-order valence-corrected chi connectivity index (χ1v) is 7.26. The van der Waals surface area contributed by atoms with Gasteiger partial charge >= 0.3 is 6.09 Å². The summed E-state index contributed by atoms with van der Waals surface area (Å²) in [6.45, 7) is 10.1. The van der Waals surface area contributed by atoms with E-state index in [4.69, 9.17) is 21.1 Å². The molecule has 0 N–H and O–H groups in total. The molecule has 6 heteroatoms. The van der Waals surface area contributed by atoms with E-state index in [2.05, 4.69) is 4.98 Å². The fourth-order valence-electron chi connectivity index (χ4n) is 2.15. The van der Waals surface area contributed by atoms with Crippen LogP contribution in [0.3, 0.4) is 0 Å². The van der Waals surface area contributed by atoms with Gasteiger partial charge in [0.25, 0.3) is 0 Å². The number of nitrogens with zero attached hydrogens (tertiary/aromatic N) is 2. The zero-order valence-corrected chi connectivity index (χ0v) is 13.8. The van der Waals surface area contributed by atoms with E-state index >= 15 is 0 Å². The largest absolute Gasteiger partial charge is 0.484 e. The van der Waals surface area contributed by atoms with E-state index in [1.807, 2.05) is 34.6 Å². The number of carbonyl (C=O) groups is 1. The Morgan fingerprint density at radius 2 is 2.10 bits per heavy atom. The summed E-state index contributed by atoms with van der Waals surface area (Å²) in [5.74, 6) is 0.649. The Bertz CT molecular complexity index is 552. The minimum atomic E-state index is -0.543. The molecule has 0 spiro atoms. The lowest BCUT2D eigenvalue weighted by atomic mass is 10.1. The summed E-state index contributed by atoms with van der Waals surface area (Å²) in [5, 5.41) is 0.376. The number of ether oxygens (including phenoxy) is 2. The lowest BCUT2D eigenvalue weighted by Gasteiger charge is -2.31. The van der Waals surface area contributed by atoms with Crippen LogP contribution in [0.2, 0.25) is 5.15 Å². The highest BCUT2D eigenvalue weighted by molar-refractivity contribution is 6.29. The number of hydrogen-bond acceptors (Lipinski definition) is 4. The van der Waals surface area contributed by atoms with Gasteiger partial charge in [0.15, 0.2) is 0 Å². The summed E-state index contributed by atoms with van der Waals surface area (Å²) in [7, 11) is 0. The quantitative estimate of drug-likeness (QED) is 0.686. The van der Waals surface area contributed by atoms with Gasteiger partial charge in [-0.15, -0.1) is 0 Å². The second-order valence-electron chi connectivity index (χ2n) is 6.78. The maximum atomic E-state index is 12.3. The summed E-state index contributed by atoms with van der Waals surface area (Å²) in [6.07, 6.45) is -0.381. The topological polar surface area (TPSA) is 51.7 Å². The molecule has 0 unspecified atom stereocenters. The zero-order valence-electron chi connectivity index (χ0n) is 13.1. The second-order valence-corrected chi connectivity index (χ2v) is 7.16. The van der Waals surface area contributed by atoms with Gasteiger partial charge in [-0.25, -0.2) is 9.78 Å². The van der Waals surface area contributed by atoms with E-state index in [0.717, 1.165) is 0 Å². The summed E-state index contributed by atoms with van der Waals surface area (Å²) in [6, 6.07) is 3.46. The van der Waals surface area contributed by atoms with Crippen LogP contribution >= 0.6 is 11.6 Å². The molecule has 1 aromatic heterocycles. The van der Waals surface area contributed by atoms with Gasteiger partial charge in [-0.05, 0) is 46.8 Å². The molecule has 0 fully saturated rings. The molecule has 0 aromatic carbocycles. The highest BCUT2D eigenvalue weighted by atomic mass is 35.5. The van der Waals surface area contributed by atoms with Crippen LogP contribution in [-0.2, 0) is 11.3 Å². The zero-order chi connectivity index (χ0) is 15.8. The smallest absolute Gasteiger partial charge is 0.410 e. The Labute approximate surface area is 130 Å². The van der Waals surface area contributed by atoms with Crippen molar-refractivity contribution >= 4 is 17.7 Å². The SMILES string of the molecule is CC(C)(C)OC(=O)N1Cc2nc(Cl)ccc2OC(C)(C)C1. The molecular weight excluding hydrogens is 292 g/mol. The van der Waals surface area contributed by atoms with E-state index in [-0.39, 0.29) is 6.09 Å². The van der Waals surface area contributed by atoms with Crippen LogP contribution in [0.15, 0.2) is 12.1 Å². The number of pyridine rings is 1. The predicted octanol–water partition coefficient (Wildman–Crippen LogP) is 3.64. The molecule has 0 saturated carbocycles. The standard InChI is InChI=1S/C15H21ClN2O3/c1-14(2,3)21-13(19)18-8-10-11(6-7-12(16)17-10)20-15(4,5)9-18/h6-7H,8-9H2,1-5H3. The molecule has 0 atom stereocenters. The molecular formula is C15H21ClN2O3. The second kappa shape index (κ2) is 5.37. The molecule has 5 nitrogen and oxygen atoms in total. The Morgan fingerprint density at radius 1 is 1.43 bits per heavy atom. The normalized spacial score (nSPS) is 17.5. The van der Waals surface area contributed by atoms with Crippen LogP contribution in [-0.4, -0.2) is 33.7 Å². The highest BCUT2D eigenvalue weighted by Gasteiger charge is 2.34. The molecule has 0 bridgehead atoms. The van der Waals surface area contributed by atoms with Gasteiger partial charge in [0.2, 0.25) is 0 Å². The Kier molecular flexibility index (Phi) is 4.06. The number of rotatable bonds is 0. The van der Waals surface area contributed by atoms with Crippen molar-refractivity contribution in [3.63, 3.8) is 0 Å². The van der Waals surface area contributed by atoms with Gasteiger partial charge < -0.3 is 9.47 Å². The van der Waals surface area contributed by atoms with Crippen molar-refractivity contribution in [1.29, 1.82) is 0 Å². The number of halogens is 1. The molecule has 0 radical (unpaired) electrons. The van der Waals surface area contributed by atoms with E-state index in [0.29, 0.717) is 29.7 Å². The minimum Gasteiger partial charge on any atom is -0.484 e. The Morgan fingerprint density at radius 3 is 2.71 bits per heavy atom. The van der Waals surface area contributed by atoms with Crippen LogP contribution in [0.25, 0.3) is 0 Å². The Balaban J connectivity index is 2.30. The average molecular weight is 313 g/mol. The van der Waals surface area contributed by atoms with E-state index < -0.39 is 11.2 Å². The fraction of sp³-hybridized carbons (Fsp3) is 0.600. The number of hydrogen-bond donors (Lipinski definition) is 0. The molecule has 21 heavy (non-hydrogen) atoms. The van der Waals surface area contributed by atoms with Crippen molar-refractivity contribution in [3.8, 4) is 5.75 Å². The maximum Gasteiger partial charge on any atom is 0.410 e. The monoisotopic (exact) mass is 312 g/mol. The van der Waals surface area contributed by atoms with Gasteiger partial charge in [-0.2, -0.15) is 0 Å². The minimum absolute atomic E-state index is 0.314. The lowest BCUT2D eigenvalue weighted by molar-refractivity contribution is 0.00745. The van der Waals surface area contributed by atoms with Crippen molar-refractivity contribution in [2.24, 2.45) is 0 Å². The van der Waals surface area contributed by atoms with Crippen molar-refractivity contribution < 1.29 is 14.3 Å². The van der Waals surface area contributed by atoms with Gasteiger partial charge in [0.05, 0.1) is 13.1 Å². The molecule has 2 heterocycles. The van der Waals surface area contributed by atoms with Gasteiger partial charge in [-0.3, -0.25) is 4.90 Å². The third kappa shape index (κ3) is 4.24. The average Bonchev–Trinajstić information content (AvgIpc) is 2.41. The first-order chi connectivity index (χ1) is 9.56. The van der Waals surface area contributed by atoms with Gasteiger partial charge in [0.1, 0.15) is 27.8 Å². The summed E-state index contributed by atoms with van der Waals surface area (Å²) in [5.41, 5.74) is -0.435. The van der Waals surface area contributed by atoms with Crippen molar-refractivity contribution in [3.05, 3.63) is 23.0 Å². The predicted molar refractivity (Wildman–Crippen MR) is 80.6 cm³/mol.